The van der Waals surface area contributed by atoms with Gasteiger partial charge in [0.05, 0.1) is 11.4 Å². The van der Waals surface area contributed by atoms with Gasteiger partial charge in [0.2, 0.25) is 11.8 Å². The number of hydrogen-bond acceptors (Lipinski definition) is 6. The summed E-state index contributed by atoms with van der Waals surface area (Å²) in [6.07, 6.45) is 0. The van der Waals surface area contributed by atoms with Gasteiger partial charge in [-0.05, 0) is 39.0 Å². The van der Waals surface area contributed by atoms with Gasteiger partial charge in [0.1, 0.15) is 12.3 Å². The van der Waals surface area contributed by atoms with E-state index in [0.717, 1.165) is 4.90 Å². The second-order valence-electron chi connectivity index (χ2n) is 6.30. The summed E-state index contributed by atoms with van der Waals surface area (Å²) < 4.78 is 4.93. The van der Waals surface area contributed by atoms with Crippen LogP contribution in [-0.4, -0.2) is 53.2 Å². The van der Waals surface area contributed by atoms with Crippen molar-refractivity contribution >= 4 is 41.0 Å². The summed E-state index contributed by atoms with van der Waals surface area (Å²) in [6.45, 7) is 6.59. The SMILES string of the molecule is CCN(CC)C(=O)c1ccc2c(c1)N(CC(=O)Nc1cc(C)on1)C(=O)CS2. The Labute approximate surface area is 167 Å². The van der Waals surface area contributed by atoms with Crippen molar-refractivity contribution in [3.63, 3.8) is 0 Å². The molecule has 2 heterocycles. The number of rotatable bonds is 6. The number of carbonyl (C=O) groups is 3. The van der Waals surface area contributed by atoms with E-state index in [0.29, 0.717) is 35.9 Å². The molecule has 1 aromatic heterocycles. The predicted molar refractivity (Wildman–Crippen MR) is 107 cm³/mol. The molecular weight excluding hydrogens is 380 g/mol. The molecule has 1 aliphatic rings. The number of nitrogens with one attached hydrogen (secondary N) is 1. The zero-order chi connectivity index (χ0) is 20.3. The Morgan fingerprint density at radius 2 is 2.04 bits per heavy atom. The number of hydrogen-bond donors (Lipinski definition) is 1. The Bertz CT molecular complexity index is 907. The molecule has 8 nitrogen and oxygen atoms in total. The van der Waals surface area contributed by atoms with Gasteiger partial charge in [0.15, 0.2) is 5.82 Å². The number of carbonyl (C=O) groups excluding carboxylic acids is 3. The van der Waals surface area contributed by atoms with Crippen LogP contribution in [0.3, 0.4) is 0 Å². The number of nitrogens with zero attached hydrogens (tertiary/aromatic N) is 3. The summed E-state index contributed by atoms with van der Waals surface area (Å²) in [7, 11) is 0. The van der Waals surface area contributed by atoms with E-state index in [-0.39, 0.29) is 30.0 Å². The van der Waals surface area contributed by atoms with Crippen LogP contribution in [0, 0.1) is 6.92 Å². The van der Waals surface area contributed by atoms with Gasteiger partial charge < -0.3 is 19.6 Å². The summed E-state index contributed by atoms with van der Waals surface area (Å²) in [6, 6.07) is 6.88. The van der Waals surface area contributed by atoms with Gasteiger partial charge in [0.25, 0.3) is 5.91 Å². The molecule has 0 fully saturated rings. The van der Waals surface area contributed by atoms with Crippen molar-refractivity contribution in [3.8, 4) is 0 Å². The molecule has 0 radical (unpaired) electrons. The minimum Gasteiger partial charge on any atom is -0.360 e. The van der Waals surface area contributed by atoms with Gasteiger partial charge in [-0.3, -0.25) is 14.4 Å². The molecule has 28 heavy (non-hydrogen) atoms. The number of aryl methyl sites for hydroxylation is 1. The van der Waals surface area contributed by atoms with Crippen LogP contribution in [0.25, 0.3) is 0 Å². The number of thioether (sulfide) groups is 1. The van der Waals surface area contributed by atoms with Crippen LogP contribution in [0.4, 0.5) is 11.5 Å². The monoisotopic (exact) mass is 402 g/mol. The fraction of sp³-hybridized carbons (Fsp3) is 0.368. The van der Waals surface area contributed by atoms with Gasteiger partial charge in [-0.1, -0.05) is 5.16 Å². The number of amides is 3. The van der Waals surface area contributed by atoms with E-state index in [1.54, 1.807) is 30.0 Å². The van der Waals surface area contributed by atoms with Gasteiger partial charge in [-0.15, -0.1) is 11.8 Å². The van der Waals surface area contributed by atoms with Crippen molar-refractivity contribution in [3.05, 3.63) is 35.6 Å². The van der Waals surface area contributed by atoms with E-state index in [2.05, 4.69) is 10.5 Å². The molecule has 0 saturated heterocycles. The molecule has 3 rings (SSSR count). The van der Waals surface area contributed by atoms with Crippen LogP contribution in [0.2, 0.25) is 0 Å². The Balaban J connectivity index is 1.83. The molecule has 1 aliphatic heterocycles. The normalized spacial score (nSPS) is 13.2. The molecule has 0 aliphatic carbocycles. The average molecular weight is 402 g/mol. The third kappa shape index (κ3) is 4.19. The summed E-state index contributed by atoms with van der Waals surface area (Å²) >= 11 is 1.40. The molecule has 9 heteroatoms. The first-order chi connectivity index (χ1) is 13.4. The topological polar surface area (TPSA) is 95.8 Å². The van der Waals surface area contributed by atoms with Crippen molar-refractivity contribution in [1.82, 2.24) is 10.1 Å². The molecule has 148 valence electrons. The highest BCUT2D eigenvalue weighted by Gasteiger charge is 2.28. The van der Waals surface area contributed by atoms with E-state index in [9.17, 15) is 14.4 Å². The Kier molecular flexibility index (Phi) is 6.03. The zero-order valence-corrected chi connectivity index (χ0v) is 16.8. The third-order valence-corrected chi connectivity index (χ3v) is 5.44. The quantitative estimate of drug-likeness (QED) is 0.798. The van der Waals surface area contributed by atoms with Crippen LogP contribution in [0.15, 0.2) is 33.7 Å². The second-order valence-corrected chi connectivity index (χ2v) is 7.32. The maximum atomic E-state index is 12.7. The van der Waals surface area contributed by atoms with Gasteiger partial charge in [0, 0.05) is 29.6 Å². The smallest absolute Gasteiger partial charge is 0.253 e. The molecule has 0 bridgehead atoms. The highest BCUT2D eigenvalue weighted by atomic mass is 32.2. The molecule has 0 unspecified atom stereocenters. The zero-order valence-electron chi connectivity index (χ0n) is 16.0. The largest absolute Gasteiger partial charge is 0.360 e. The van der Waals surface area contributed by atoms with Crippen molar-refractivity contribution in [1.29, 1.82) is 0 Å². The lowest BCUT2D eigenvalue weighted by molar-refractivity contribution is -0.120. The van der Waals surface area contributed by atoms with Crippen LogP contribution in [0.1, 0.15) is 30.0 Å². The van der Waals surface area contributed by atoms with Crippen molar-refractivity contribution in [2.24, 2.45) is 0 Å². The highest BCUT2D eigenvalue weighted by Crippen LogP contribution is 2.36. The van der Waals surface area contributed by atoms with E-state index in [4.69, 9.17) is 4.52 Å². The van der Waals surface area contributed by atoms with Crippen molar-refractivity contribution in [2.75, 3.05) is 35.6 Å². The van der Waals surface area contributed by atoms with Gasteiger partial charge >= 0.3 is 0 Å². The van der Waals surface area contributed by atoms with Gasteiger partial charge in [-0.2, -0.15) is 0 Å². The fourth-order valence-corrected chi connectivity index (χ4v) is 3.87. The highest BCUT2D eigenvalue weighted by molar-refractivity contribution is 8.00. The minimum atomic E-state index is -0.389. The first-order valence-electron chi connectivity index (χ1n) is 9.02. The van der Waals surface area contributed by atoms with E-state index in [1.807, 2.05) is 19.9 Å². The Hall–Kier alpha value is -2.81. The van der Waals surface area contributed by atoms with Crippen molar-refractivity contribution in [2.45, 2.75) is 25.7 Å². The Morgan fingerprint density at radius 1 is 1.29 bits per heavy atom. The van der Waals surface area contributed by atoms with E-state index >= 15 is 0 Å². The van der Waals surface area contributed by atoms with Crippen molar-refractivity contribution < 1.29 is 18.9 Å². The molecule has 0 atom stereocenters. The standard InChI is InChI=1S/C19H22N4O4S/c1-4-22(5-2)19(26)13-6-7-15-14(9-13)23(18(25)11-28-15)10-17(24)20-16-8-12(3)27-21-16/h6-9H,4-5,10-11H2,1-3H3,(H,20,21,24). The summed E-state index contributed by atoms with van der Waals surface area (Å²) in [5, 5.41) is 6.34. The maximum Gasteiger partial charge on any atom is 0.253 e. The summed E-state index contributed by atoms with van der Waals surface area (Å²) in [5.41, 5.74) is 1.07. The number of benzene rings is 1. The van der Waals surface area contributed by atoms with Crippen LogP contribution in [-0.2, 0) is 9.59 Å². The average Bonchev–Trinajstić information content (AvgIpc) is 3.09. The minimum absolute atomic E-state index is 0.0988. The number of aromatic nitrogens is 1. The lowest BCUT2D eigenvalue weighted by Gasteiger charge is -2.29. The molecule has 1 aromatic carbocycles. The van der Waals surface area contributed by atoms with E-state index in [1.165, 1.54) is 16.7 Å². The molecule has 0 spiro atoms. The van der Waals surface area contributed by atoms with Crippen LogP contribution < -0.4 is 10.2 Å². The molecular formula is C19H22N4O4S. The number of anilines is 2. The molecule has 3 amide bonds. The molecule has 1 N–H and O–H groups in total. The van der Waals surface area contributed by atoms with Gasteiger partial charge in [-0.25, -0.2) is 0 Å². The summed E-state index contributed by atoms with van der Waals surface area (Å²) in [5.74, 6) is 0.444. The fourth-order valence-electron chi connectivity index (χ4n) is 2.95. The first-order valence-corrected chi connectivity index (χ1v) is 10.0. The molecule has 0 saturated carbocycles. The van der Waals surface area contributed by atoms with E-state index < -0.39 is 0 Å². The van der Waals surface area contributed by atoms with Crippen LogP contribution >= 0.6 is 11.8 Å². The summed E-state index contributed by atoms with van der Waals surface area (Å²) in [4.78, 5) is 41.5. The lowest BCUT2D eigenvalue weighted by Crippen LogP contribution is -2.41. The second kappa shape index (κ2) is 8.47. The maximum absolute atomic E-state index is 12.7. The first kappa shape index (κ1) is 19.9. The Morgan fingerprint density at radius 3 is 2.68 bits per heavy atom. The number of fused-ring (bicyclic) bond motifs is 1. The third-order valence-electron chi connectivity index (χ3n) is 4.40. The van der Waals surface area contributed by atoms with Crippen LogP contribution in [0.5, 0.6) is 0 Å². The predicted octanol–water partition coefficient (Wildman–Crippen LogP) is 2.54. The lowest BCUT2D eigenvalue weighted by atomic mass is 10.1. The molecule has 2 aromatic rings.